The normalized spacial score (nSPS) is 11.8. The van der Waals surface area contributed by atoms with Crippen molar-refractivity contribution in [3.05, 3.63) is 59.7 Å². The predicted octanol–water partition coefficient (Wildman–Crippen LogP) is 2.49. The van der Waals surface area contributed by atoms with Crippen LogP contribution < -0.4 is 9.47 Å². The lowest BCUT2D eigenvalue weighted by Gasteiger charge is -2.12. The van der Waals surface area contributed by atoms with Gasteiger partial charge in [-0.15, -0.1) is 0 Å². The van der Waals surface area contributed by atoms with Crippen molar-refractivity contribution in [3.63, 3.8) is 0 Å². The van der Waals surface area contributed by atoms with Crippen LogP contribution in [-0.4, -0.2) is 31.2 Å². The number of carbonyl (C=O) groups excluding carboxylic acids is 1. The first-order valence-corrected chi connectivity index (χ1v) is 6.64. The molecule has 0 aliphatic rings. The van der Waals surface area contributed by atoms with Gasteiger partial charge in [-0.25, -0.2) is 0 Å². The summed E-state index contributed by atoms with van der Waals surface area (Å²) in [5, 5.41) is 10.1. The lowest BCUT2D eigenvalue weighted by molar-refractivity contribution is 0.0748. The summed E-state index contributed by atoms with van der Waals surface area (Å²) in [5.74, 6) is 0.907. The second kappa shape index (κ2) is 6.90. The number of benzene rings is 2. The molecule has 1 unspecified atom stereocenters. The zero-order chi connectivity index (χ0) is 15.2. The first kappa shape index (κ1) is 15.1. The van der Waals surface area contributed by atoms with Crippen LogP contribution >= 0.6 is 0 Å². The molecule has 2 aromatic rings. The van der Waals surface area contributed by atoms with E-state index in [4.69, 9.17) is 9.47 Å². The van der Waals surface area contributed by atoms with Gasteiger partial charge in [-0.3, -0.25) is 4.79 Å². The number of rotatable bonds is 6. The van der Waals surface area contributed by atoms with Crippen LogP contribution in [0.4, 0.5) is 0 Å². The van der Waals surface area contributed by atoms with Crippen LogP contribution in [0.15, 0.2) is 48.5 Å². The van der Waals surface area contributed by atoms with Gasteiger partial charge in [0.2, 0.25) is 0 Å². The van der Waals surface area contributed by atoms with Crippen molar-refractivity contribution >= 4 is 5.78 Å². The van der Waals surface area contributed by atoms with Gasteiger partial charge in [0.15, 0.2) is 17.3 Å². The fraction of sp³-hybridized carbons (Fsp3) is 0.235. The minimum Gasteiger partial charge on any atom is -0.493 e. The van der Waals surface area contributed by atoms with Crippen molar-refractivity contribution in [2.24, 2.45) is 0 Å². The van der Waals surface area contributed by atoms with Crippen LogP contribution in [0.5, 0.6) is 11.5 Å². The highest BCUT2D eigenvalue weighted by Crippen LogP contribution is 2.28. The third-order valence-electron chi connectivity index (χ3n) is 3.24. The average Bonchev–Trinajstić information content (AvgIpc) is 2.54. The highest BCUT2D eigenvalue weighted by atomic mass is 16.5. The third kappa shape index (κ3) is 3.61. The SMILES string of the molecule is COc1ccc(CC(O)C(=O)c2ccccc2)cc1OC. The molecule has 4 heteroatoms. The molecule has 1 atom stereocenters. The Kier molecular flexibility index (Phi) is 4.95. The van der Waals surface area contributed by atoms with Crippen LogP contribution in [0, 0.1) is 0 Å². The second-order valence-electron chi connectivity index (χ2n) is 4.64. The van der Waals surface area contributed by atoms with E-state index >= 15 is 0 Å². The summed E-state index contributed by atoms with van der Waals surface area (Å²) in [6, 6.07) is 14.1. The molecule has 0 spiro atoms. The zero-order valence-corrected chi connectivity index (χ0v) is 12.1. The van der Waals surface area contributed by atoms with Gasteiger partial charge in [-0.2, -0.15) is 0 Å². The summed E-state index contributed by atoms with van der Waals surface area (Å²) >= 11 is 0. The van der Waals surface area contributed by atoms with Crippen LogP contribution in [-0.2, 0) is 6.42 Å². The highest BCUT2D eigenvalue weighted by molar-refractivity contribution is 5.99. The molecule has 0 saturated carbocycles. The molecular weight excluding hydrogens is 268 g/mol. The molecule has 4 nitrogen and oxygen atoms in total. The van der Waals surface area contributed by atoms with Gasteiger partial charge < -0.3 is 14.6 Å². The Morgan fingerprint density at radius 3 is 2.33 bits per heavy atom. The fourth-order valence-electron chi connectivity index (χ4n) is 2.12. The molecule has 1 N–H and O–H groups in total. The maximum Gasteiger partial charge on any atom is 0.191 e. The van der Waals surface area contributed by atoms with E-state index in [9.17, 15) is 9.90 Å². The third-order valence-corrected chi connectivity index (χ3v) is 3.24. The molecule has 0 bridgehead atoms. The topological polar surface area (TPSA) is 55.8 Å². The number of Topliss-reactive ketones (excluding diaryl/α,β-unsaturated/α-hetero) is 1. The van der Waals surface area contributed by atoms with Gasteiger partial charge in [0.25, 0.3) is 0 Å². The van der Waals surface area contributed by atoms with Gasteiger partial charge in [0.1, 0.15) is 6.10 Å². The summed E-state index contributed by atoms with van der Waals surface area (Å²) in [4.78, 5) is 12.1. The monoisotopic (exact) mass is 286 g/mol. The maximum absolute atomic E-state index is 12.1. The Morgan fingerprint density at radius 2 is 1.71 bits per heavy atom. The minimum absolute atomic E-state index is 0.230. The van der Waals surface area contributed by atoms with Crippen LogP contribution in [0.2, 0.25) is 0 Å². The summed E-state index contributed by atoms with van der Waals surface area (Å²) in [6.07, 6.45) is -0.848. The first-order chi connectivity index (χ1) is 10.2. The lowest BCUT2D eigenvalue weighted by Crippen LogP contribution is -2.23. The summed E-state index contributed by atoms with van der Waals surface area (Å²) in [5.41, 5.74) is 1.31. The van der Waals surface area contributed by atoms with Gasteiger partial charge in [0, 0.05) is 12.0 Å². The predicted molar refractivity (Wildman–Crippen MR) is 80.0 cm³/mol. The molecule has 0 fully saturated rings. The molecule has 110 valence electrons. The molecule has 0 radical (unpaired) electrons. The Hall–Kier alpha value is -2.33. The van der Waals surface area contributed by atoms with E-state index in [-0.39, 0.29) is 12.2 Å². The number of aliphatic hydroxyl groups is 1. The van der Waals surface area contributed by atoms with E-state index < -0.39 is 6.10 Å². The van der Waals surface area contributed by atoms with E-state index in [0.29, 0.717) is 17.1 Å². The number of hydrogen-bond donors (Lipinski definition) is 1. The van der Waals surface area contributed by atoms with Crippen molar-refractivity contribution in [2.45, 2.75) is 12.5 Å². The van der Waals surface area contributed by atoms with E-state index in [0.717, 1.165) is 5.56 Å². The lowest BCUT2D eigenvalue weighted by atomic mass is 10.00. The molecule has 2 aromatic carbocycles. The van der Waals surface area contributed by atoms with Crippen molar-refractivity contribution < 1.29 is 19.4 Å². The Labute approximate surface area is 123 Å². The van der Waals surface area contributed by atoms with E-state index in [1.165, 1.54) is 0 Å². The molecule has 0 aliphatic heterocycles. The van der Waals surface area contributed by atoms with E-state index in [1.807, 2.05) is 12.1 Å². The quantitative estimate of drug-likeness (QED) is 0.829. The van der Waals surface area contributed by atoms with Gasteiger partial charge >= 0.3 is 0 Å². The molecule has 0 aromatic heterocycles. The maximum atomic E-state index is 12.1. The second-order valence-corrected chi connectivity index (χ2v) is 4.64. The van der Waals surface area contributed by atoms with Gasteiger partial charge in [0.05, 0.1) is 14.2 Å². The Balaban J connectivity index is 2.12. The number of ether oxygens (including phenoxy) is 2. The molecule has 2 rings (SSSR count). The highest BCUT2D eigenvalue weighted by Gasteiger charge is 2.18. The minimum atomic E-state index is -1.08. The zero-order valence-electron chi connectivity index (χ0n) is 12.1. The number of methoxy groups -OCH3 is 2. The van der Waals surface area contributed by atoms with Crippen LogP contribution in [0.25, 0.3) is 0 Å². The summed E-state index contributed by atoms with van der Waals surface area (Å²) in [7, 11) is 3.11. The number of carbonyl (C=O) groups is 1. The molecule has 0 aliphatic carbocycles. The van der Waals surface area contributed by atoms with Crippen LogP contribution in [0.3, 0.4) is 0 Å². The molecule has 0 saturated heterocycles. The molecular formula is C17H18O4. The number of ketones is 1. The van der Waals surface area contributed by atoms with E-state index in [2.05, 4.69) is 0 Å². The number of hydrogen-bond acceptors (Lipinski definition) is 4. The largest absolute Gasteiger partial charge is 0.493 e. The van der Waals surface area contributed by atoms with Gasteiger partial charge in [-0.05, 0) is 17.7 Å². The Bertz CT molecular complexity index is 607. The van der Waals surface area contributed by atoms with Crippen molar-refractivity contribution in [2.75, 3.05) is 14.2 Å². The first-order valence-electron chi connectivity index (χ1n) is 6.64. The molecule has 21 heavy (non-hydrogen) atoms. The van der Waals surface area contributed by atoms with Crippen LogP contribution in [0.1, 0.15) is 15.9 Å². The number of aliphatic hydroxyl groups excluding tert-OH is 1. The molecule has 0 heterocycles. The average molecular weight is 286 g/mol. The fourth-order valence-corrected chi connectivity index (χ4v) is 2.12. The summed E-state index contributed by atoms with van der Waals surface area (Å²) < 4.78 is 10.4. The van der Waals surface area contributed by atoms with Crippen molar-refractivity contribution in [1.29, 1.82) is 0 Å². The summed E-state index contributed by atoms with van der Waals surface area (Å²) in [6.45, 7) is 0. The molecule has 0 amide bonds. The van der Waals surface area contributed by atoms with E-state index in [1.54, 1.807) is 50.6 Å². The van der Waals surface area contributed by atoms with Gasteiger partial charge in [-0.1, -0.05) is 36.4 Å². The standard InChI is InChI=1S/C17H18O4/c1-20-15-9-8-12(11-16(15)21-2)10-14(18)17(19)13-6-4-3-5-7-13/h3-9,11,14,18H,10H2,1-2H3. The Morgan fingerprint density at radius 1 is 1.05 bits per heavy atom. The smallest absolute Gasteiger partial charge is 0.191 e. The van der Waals surface area contributed by atoms with Crippen molar-refractivity contribution in [3.8, 4) is 11.5 Å². The van der Waals surface area contributed by atoms with Crippen molar-refractivity contribution in [1.82, 2.24) is 0 Å².